The number of carbonyl (C=O) groups is 2. The highest BCUT2D eigenvalue weighted by Crippen LogP contribution is 2.49. The minimum Gasteiger partial charge on any atom is -0.463 e. The molecule has 10 aromatic rings. The van der Waals surface area contributed by atoms with Gasteiger partial charge in [0.15, 0.2) is 0 Å². The second kappa shape index (κ2) is 31.1. The Morgan fingerprint density at radius 3 is 1.31 bits per heavy atom. The first kappa shape index (κ1) is 68.2. The monoisotopic (exact) mass is 1270 g/mol. The molecule has 1 atom stereocenters. The summed E-state index contributed by atoms with van der Waals surface area (Å²) in [7, 11) is 0. The van der Waals surface area contributed by atoms with Crippen molar-refractivity contribution in [1.82, 2.24) is 0 Å². The first-order chi connectivity index (χ1) is 44.8. The molecule has 0 saturated heterocycles. The third-order valence-corrected chi connectivity index (χ3v) is 22.2. The fourth-order valence-corrected chi connectivity index (χ4v) is 15.7. The molecule has 0 amide bonds. The Hall–Kier alpha value is -7.62. The predicted octanol–water partition coefficient (Wildman–Crippen LogP) is 25.0. The minimum atomic E-state index is -0.212. The van der Waals surface area contributed by atoms with Gasteiger partial charge in [0.25, 0.3) is 0 Å². The zero-order valence-electron chi connectivity index (χ0n) is 57.5. The number of unbranched alkanes of at least 4 members (excludes halogenated alkanes) is 5. The van der Waals surface area contributed by atoms with Gasteiger partial charge in [-0.05, 0) is 265 Å². The van der Waals surface area contributed by atoms with Crippen molar-refractivity contribution in [3.05, 3.63) is 214 Å². The van der Waals surface area contributed by atoms with Crippen molar-refractivity contribution in [2.24, 2.45) is 5.41 Å². The molecule has 0 aliphatic rings. The van der Waals surface area contributed by atoms with Gasteiger partial charge in [-0.1, -0.05) is 149 Å². The van der Waals surface area contributed by atoms with Gasteiger partial charge in [0.1, 0.15) is 12.4 Å². The molecular weight excluding hydrogens is 1180 g/mol. The van der Waals surface area contributed by atoms with Crippen molar-refractivity contribution >= 4 is 88.7 Å². The maximum Gasteiger partial charge on any atom is 0.305 e. The molecule has 1 unspecified atom stereocenters. The molecule has 0 fully saturated rings. The number of benzene rings is 8. The number of Topliss-reactive ketones (excluding diaryl/α,β-unsaturated/α-hetero) is 1. The first-order valence-corrected chi connectivity index (χ1v) is 36.0. The van der Waals surface area contributed by atoms with Crippen LogP contribution in [0, 0.1) is 47.0 Å². The highest BCUT2D eigenvalue weighted by Gasteiger charge is 2.30. The second-order valence-corrected chi connectivity index (χ2v) is 29.1. The largest absolute Gasteiger partial charge is 0.463 e. The number of aryl methyl sites for hydroxylation is 8. The van der Waals surface area contributed by atoms with Crippen LogP contribution in [0.25, 0.3) is 52.2 Å². The summed E-state index contributed by atoms with van der Waals surface area (Å²) in [5.41, 5.74) is 21.3. The molecule has 8 heteroatoms. The van der Waals surface area contributed by atoms with Crippen molar-refractivity contribution in [2.45, 2.75) is 185 Å². The molecule has 0 radical (unpaired) electrons. The Bertz CT molecular complexity index is 4150. The van der Waals surface area contributed by atoms with E-state index in [0.717, 1.165) is 98.3 Å². The van der Waals surface area contributed by atoms with Gasteiger partial charge in [-0.25, -0.2) is 0 Å². The van der Waals surface area contributed by atoms with Crippen molar-refractivity contribution in [1.29, 1.82) is 0 Å². The number of ketones is 1. The van der Waals surface area contributed by atoms with E-state index in [1.165, 1.54) is 116 Å². The molecule has 8 aromatic carbocycles. The van der Waals surface area contributed by atoms with Gasteiger partial charge in [-0.15, -0.1) is 22.7 Å². The molecule has 0 N–H and O–H groups in total. The smallest absolute Gasteiger partial charge is 0.305 e. The van der Waals surface area contributed by atoms with E-state index in [1.54, 1.807) is 0 Å². The van der Waals surface area contributed by atoms with Crippen LogP contribution in [0.5, 0.6) is 0 Å². The lowest BCUT2D eigenvalue weighted by Gasteiger charge is -2.27. The third-order valence-electron chi connectivity index (χ3n) is 19.5. The number of nitrogens with zero attached hydrogens (tertiary/aromatic N) is 2. The SMILES string of the molecule is CCCCCCC(C)(CC)C(=O)CCCCc1ccc(N(c2ccc(-c3ccc(C)cc3C)cc2)c2ccc3sc(-c4sc5ccc(N(c6ccc(CCCCC(=O)OCCOC(C)(C)CC)cc6)c6ccc(-c7ccc(C)cc7C)cc6)cc5c4C)c(C)c3c2)cc1. The van der Waals surface area contributed by atoms with Gasteiger partial charge in [-0.2, -0.15) is 0 Å². The summed E-state index contributed by atoms with van der Waals surface area (Å²) >= 11 is 3.78. The van der Waals surface area contributed by atoms with E-state index < -0.39 is 0 Å². The fraction of sp³-hybridized carbons (Fsp3) is 0.365. The summed E-state index contributed by atoms with van der Waals surface area (Å²) in [5, 5.41) is 2.53. The first-order valence-electron chi connectivity index (χ1n) is 34.4. The summed E-state index contributed by atoms with van der Waals surface area (Å²) in [5.74, 6) is 0.281. The average molecular weight is 1280 g/mol. The maximum absolute atomic E-state index is 13.5. The lowest BCUT2D eigenvalue weighted by Crippen LogP contribution is -2.27. The van der Waals surface area contributed by atoms with Crippen molar-refractivity contribution in [3.63, 3.8) is 0 Å². The Labute approximate surface area is 564 Å². The van der Waals surface area contributed by atoms with Crippen LogP contribution in [0.4, 0.5) is 34.1 Å². The molecule has 10 rings (SSSR count). The Kier molecular flexibility index (Phi) is 22.8. The summed E-state index contributed by atoms with van der Waals surface area (Å²) in [6.07, 6.45) is 14.2. The Morgan fingerprint density at radius 2 is 0.882 bits per heavy atom. The normalized spacial score (nSPS) is 12.4. The maximum atomic E-state index is 13.5. The van der Waals surface area contributed by atoms with Crippen LogP contribution >= 0.6 is 22.7 Å². The van der Waals surface area contributed by atoms with E-state index in [1.807, 2.05) is 22.7 Å². The van der Waals surface area contributed by atoms with Crippen LogP contribution in [-0.2, 0) is 31.9 Å². The molecule has 484 valence electrons. The third kappa shape index (κ3) is 16.7. The lowest BCUT2D eigenvalue weighted by atomic mass is 9.76. The van der Waals surface area contributed by atoms with Gasteiger partial charge in [0.05, 0.1) is 12.2 Å². The standard InChI is InChI=1S/C85H98N2O4S2/c1-13-16-17-22-51-85(12,15-3)80(88)25-20-18-23-64-29-37-68(38-30-64)86(70-41-33-66(34-42-70)74-47-27-58(4)54-60(74)6)72-45-49-78-76(56-72)62(8)82(92-78)83-63(9)77-57-73(46-50-79(77)93-83)87(71-43-35-67(36-44-71)75-48-28-59(5)55-61(75)7)69-39-31-65(32-40-69)24-19-21-26-81(89)90-52-53-91-84(10,11)14-2/h27-50,54-57H,13-26,51-53H2,1-12H3. The number of carbonyl (C=O) groups excluding carboxylic acids is 2. The van der Waals surface area contributed by atoms with E-state index in [9.17, 15) is 9.59 Å². The van der Waals surface area contributed by atoms with Gasteiger partial charge in [-0.3, -0.25) is 9.59 Å². The summed E-state index contributed by atoms with van der Waals surface area (Å²) in [6.45, 7) is 26.9. The predicted molar refractivity (Wildman–Crippen MR) is 400 cm³/mol. The fourth-order valence-electron chi connectivity index (χ4n) is 13.1. The van der Waals surface area contributed by atoms with Crippen molar-refractivity contribution in [3.8, 4) is 32.0 Å². The number of hydrogen-bond acceptors (Lipinski definition) is 8. The number of fused-ring (bicyclic) bond motifs is 2. The number of anilines is 6. The molecule has 93 heavy (non-hydrogen) atoms. The van der Waals surface area contributed by atoms with Crippen LogP contribution in [-0.4, -0.2) is 30.6 Å². The summed E-state index contributed by atoms with van der Waals surface area (Å²) in [4.78, 5) is 33.5. The van der Waals surface area contributed by atoms with Crippen molar-refractivity contribution in [2.75, 3.05) is 23.0 Å². The summed E-state index contributed by atoms with van der Waals surface area (Å²) in [6, 6.07) is 63.6. The zero-order chi connectivity index (χ0) is 65.8. The van der Waals surface area contributed by atoms with E-state index in [2.05, 4.69) is 263 Å². The van der Waals surface area contributed by atoms with Gasteiger partial charge < -0.3 is 19.3 Å². The average Bonchev–Trinajstić information content (AvgIpc) is 1.64. The van der Waals surface area contributed by atoms with E-state index in [0.29, 0.717) is 25.2 Å². The van der Waals surface area contributed by atoms with Gasteiger partial charge >= 0.3 is 5.97 Å². The number of ether oxygens (including phenoxy) is 2. The van der Waals surface area contributed by atoms with Crippen LogP contribution in [0.1, 0.15) is 170 Å². The molecule has 2 heterocycles. The highest BCUT2D eigenvalue weighted by atomic mass is 32.1. The molecule has 0 bridgehead atoms. The molecule has 6 nitrogen and oxygen atoms in total. The van der Waals surface area contributed by atoms with Crippen molar-refractivity contribution < 1.29 is 19.1 Å². The van der Waals surface area contributed by atoms with E-state index >= 15 is 0 Å². The molecule has 2 aromatic heterocycles. The number of esters is 1. The Morgan fingerprint density at radius 1 is 0.441 bits per heavy atom. The zero-order valence-corrected chi connectivity index (χ0v) is 59.2. The second-order valence-electron chi connectivity index (χ2n) is 27.0. The number of hydrogen-bond donors (Lipinski definition) is 0. The quantitative estimate of drug-likeness (QED) is 0.0319. The van der Waals surface area contributed by atoms with Crippen LogP contribution in [0.3, 0.4) is 0 Å². The Balaban J connectivity index is 0.911. The van der Waals surface area contributed by atoms with Crippen LogP contribution in [0.15, 0.2) is 170 Å². The van der Waals surface area contributed by atoms with Gasteiger partial charge in [0, 0.05) is 71.5 Å². The molecule has 0 spiro atoms. The lowest BCUT2D eigenvalue weighted by molar-refractivity contribution is -0.147. The van der Waals surface area contributed by atoms with Crippen LogP contribution in [0.2, 0.25) is 0 Å². The highest BCUT2D eigenvalue weighted by molar-refractivity contribution is 7.28. The topological polar surface area (TPSA) is 59.1 Å². The molecular formula is C85H98N2O4S2. The minimum absolute atomic E-state index is 0.163. The molecule has 0 aliphatic carbocycles. The van der Waals surface area contributed by atoms with Gasteiger partial charge in [0.2, 0.25) is 0 Å². The number of thiophene rings is 2. The molecule has 0 aliphatic heterocycles. The summed E-state index contributed by atoms with van der Waals surface area (Å²) < 4.78 is 13.9. The van der Waals surface area contributed by atoms with E-state index in [4.69, 9.17) is 9.47 Å². The van der Waals surface area contributed by atoms with E-state index in [-0.39, 0.29) is 23.6 Å². The number of rotatable bonds is 31. The molecule has 0 saturated carbocycles. The van der Waals surface area contributed by atoms with Crippen LogP contribution < -0.4 is 9.80 Å².